The molecule has 1 aliphatic carbocycles. The van der Waals surface area contributed by atoms with Crippen LogP contribution in [0.25, 0.3) is 0 Å². The highest BCUT2D eigenvalue weighted by Crippen LogP contribution is 2.39. The number of anilines is 1. The summed E-state index contributed by atoms with van der Waals surface area (Å²) in [5.41, 5.74) is 7.66. The van der Waals surface area contributed by atoms with Crippen LogP contribution in [0.15, 0.2) is 0 Å². The van der Waals surface area contributed by atoms with Crippen LogP contribution in [-0.2, 0) is 17.6 Å². The average Bonchev–Trinajstić information content (AvgIpc) is 2.62. The lowest BCUT2D eigenvalue weighted by Gasteiger charge is -2.20. The summed E-state index contributed by atoms with van der Waals surface area (Å²) >= 11 is 1.56. The van der Waals surface area contributed by atoms with Crippen LogP contribution in [0.2, 0.25) is 0 Å². The van der Waals surface area contributed by atoms with Crippen molar-refractivity contribution >= 4 is 22.3 Å². The van der Waals surface area contributed by atoms with E-state index in [-0.39, 0.29) is 5.97 Å². The van der Waals surface area contributed by atoms with E-state index in [0.717, 1.165) is 30.7 Å². The number of nitrogens with two attached hydrogens (primary N) is 1. The molecule has 0 bridgehead atoms. The number of methoxy groups -OCH3 is 1. The Morgan fingerprint density at radius 1 is 1.62 bits per heavy atom. The van der Waals surface area contributed by atoms with Crippen molar-refractivity contribution in [3.63, 3.8) is 0 Å². The van der Waals surface area contributed by atoms with Crippen molar-refractivity contribution in [2.24, 2.45) is 5.92 Å². The van der Waals surface area contributed by atoms with Gasteiger partial charge in [0.15, 0.2) is 0 Å². The molecule has 0 saturated heterocycles. The van der Waals surface area contributed by atoms with Crippen molar-refractivity contribution in [2.75, 3.05) is 12.8 Å². The van der Waals surface area contributed by atoms with Gasteiger partial charge in [-0.05, 0) is 30.7 Å². The van der Waals surface area contributed by atoms with E-state index < -0.39 is 0 Å². The fourth-order valence-corrected chi connectivity index (χ4v) is 3.57. The number of hydrogen-bond acceptors (Lipinski definition) is 4. The van der Waals surface area contributed by atoms with E-state index in [1.807, 2.05) is 0 Å². The molecule has 1 heterocycles. The van der Waals surface area contributed by atoms with Gasteiger partial charge in [-0.2, -0.15) is 0 Å². The summed E-state index contributed by atoms with van der Waals surface area (Å²) in [6.07, 6.45) is 4.39. The van der Waals surface area contributed by atoms with E-state index in [1.165, 1.54) is 18.4 Å². The molecule has 1 aromatic rings. The Bertz CT molecular complexity index is 411. The van der Waals surface area contributed by atoms with Crippen molar-refractivity contribution in [1.82, 2.24) is 0 Å². The summed E-state index contributed by atoms with van der Waals surface area (Å²) < 4.78 is 4.78. The highest BCUT2D eigenvalue weighted by Gasteiger charge is 2.27. The van der Waals surface area contributed by atoms with Gasteiger partial charge in [0.25, 0.3) is 0 Å². The van der Waals surface area contributed by atoms with Crippen LogP contribution >= 0.6 is 11.3 Å². The molecule has 0 spiro atoms. The van der Waals surface area contributed by atoms with E-state index >= 15 is 0 Å². The largest absolute Gasteiger partial charge is 0.465 e. The Hall–Kier alpha value is -1.03. The van der Waals surface area contributed by atoms with Gasteiger partial charge in [0.2, 0.25) is 0 Å². The summed E-state index contributed by atoms with van der Waals surface area (Å²) in [5.74, 6) is 0.459. The molecule has 0 amide bonds. The molecule has 1 unspecified atom stereocenters. The van der Waals surface area contributed by atoms with E-state index in [2.05, 4.69) is 6.92 Å². The summed E-state index contributed by atoms with van der Waals surface area (Å²) in [7, 11) is 1.41. The minimum Gasteiger partial charge on any atom is -0.465 e. The van der Waals surface area contributed by atoms with Crippen LogP contribution in [0.5, 0.6) is 0 Å². The van der Waals surface area contributed by atoms with Crippen LogP contribution < -0.4 is 5.73 Å². The minimum atomic E-state index is -0.287. The highest BCUT2D eigenvalue weighted by molar-refractivity contribution is 7.16. The SMILES string of the molecule is CCC1CCc2c(sc(N)c2C(=O)OC)C1. The predicted octanol–water partition coefficient (Wildman–Crippen LogP) is 2.63. The van der Waals surface area contributed by atoms with E-state index in [4.69, 9.17) is 10.5 Å². The maximum Gasteiger partial charge on any atom is 0.341 e. The molecule has 0 radical (unpaired) electrons. The second-order valence-electron chi connectivity index (χ2n) is 4.25. The fraction of sp³-hybridized carbons (Fsp3) is 0.583. The van der Waals surface area contributed by atoms with E-state index in [0.29, 0.717) is 10.6 Å². The Balaban J connectivity index is 2.36. The van der Waals surface area contributed by atoms with Gasteiger partial charge >= 0.3 is 5.97 Å². The minimum absolute atomic E-state index is 0.287. The Morgan fingerprint density at radius 3 is 3.00 bits per heavy atom. The lowest BCUT2D eigenvalue weighted by atomic mass is 9.86. The molecule has 88 valence electrons. The van der Waals surface area contributed by atoms with Gasteiger partial charge < -0.3 is 10.5 Å². The maximum atomic E-state index is 11.6. The monoisotopic (exact) mass is 239 g/mol. The number of thiophene rings is 1. The van der Waals surface area contributed by atoms with E-state index in [9.17, 15) is 4.79 Å². The smallest absolute Gasteiger partial charge is 0.341 e. The third-order valence-corrected chi connectivity index (χ3v) is 4.44. The average molecular weight is 239 g/mol. The zero-order valence-corrected chi connectivity index (χ0v) is 10.5. The van der Waals surface area contributed by atoms with Gasteiger partial charge in [-0.1, -0.05) is 13.3 Å². The first-order chi connectivity index (χ1) is 7.67. The maximum absolute atomic E-state index is 11.6. The molecule has 16 heavy (non-hydrogen) atoms. The third-order valence-electron chi connectivity index (χ3n) is 3.36. The number of rotatable bonds is 2. The van der Waals surface area contributed by atoms with E-state index in [1.54, 1.807) is 11.3 Å². The van der Waals surface area contributed by atoms with Gasteiger partial charge in [-0.15, -0.1) is 11.3 Å². The van der Waals surface area contributed by atoms with Gasteiger partial charge in [0.1, 0.15) is 5.00 Å². The molecule has 1 aromatic heterocycles. The Morgan fingerprint density at radius 2 is 2.38 bits per heavy atom. The molecule has 2 N–H and O–H groups in total. The summed E-state index contributed by atoms with van der Waals surface area (Å²) in [6.45, 7) is 2.22. The first kappa shape index (κ1) is 11.5. The molecule has 4 heteroatoms. The Kier molecular flexibility index (Phi) is 3.19. The predicted molar refractivity (Wildman–Crippen MR) is 65.9 cm³/mol. The van der Waals surface area contributed by atoms with Crippen LogP contribution in [0.4, 0.5) is 5.00 Å². The number of esters is 1. The fourth-order valence-electron chi connectivity index (χ4n) is 2.35. The van der Waals surface area contributed by atoms with Crippen LogP contribution in [0.1, 0.15) is 40.6 Å². The van der Waals surface area contributed by atoms with Crippen LogP contribution in [0, 0.1) is 5.92 Å². The summed E-state index contributed by atoms with van der Waals surface area (Å²) in [4.78, 5) is 12.9. The summed E-state index contributed by atoms with van der Waals surface area (Å²) in [5, 5.41) is 0.619. The molecular weight excluding hydrogens is 222 g/mol. The zero-order valence-electron chi connectivity index (χ0n) is 9.71. The number of carbonyl (C=O) groups excluding carboxylic acids is 1. The number of fused-ring (bicyclic) bond motifs is 1. The number of nitrogen functional groups attached to an aromatic ring is 1. The third kappa shape index (κ3) is 1.82. The molecular formula is C12H17NO2S. The first-order valence-corrected chi connectivity index (χ1v) is 6.47. The van der Waals surface area contributed by atoms with Gasteiger partial charge in [0.05, 0.1) is 12.7 Å². The lowest BCUT2D eigenvalue weighted by molar-refractivity contribution is 0.0601. The molecule has 2 rings (SSSR count). The number of carbonyl (C=O) groups is 1. The number of hydrogen-bond donors (Lipinski definition) is 1. The van der Waals surface area contributed by atoms with Crippen LogP contribution in [-0.4, -0.2) is 13.1 Å². The summed E-state index contributed by atoms with van der Waals surface area (Å²) in [6, 6.07) is 0. The molecule has 0 aromatic carbocycles. The van der Waals surface area contributed by atoms with Crippen molar-refractivity contribution < 1.29 is 9.53 Å². The van der Waals surface area contributed by atoms with Crippen molar-refractivity contribution in [3.05, 3.63) is 16.0 Å². The zero-order chi connectivity index (χ0) is 11.7. The molecule has 0 fully saturated rings. The molecule has 1 aliphatic rings. The topological polar surface area (TPSA) is 52.3 Å². The molecule has 1 atom stereocenters. The normalized spacial score (nSPS) is 19.2. The molecule has 0 aliphatic heterocycles. The number of ether oxygens (including phenoxy) is 1. The van der Waals surface area contributed by atoms with Gasteiger partial charge in [-0.3, -0.25) is 0 Å². The Labute approximate surface area is 99.6 Å². The van der Waals surface area contributed by atoms with Gasteiger partial charge in [0, 0.05) is 4.88 Å². The molecule has 0 saturated carbocycles. The van der Waals surface area contributed by atoms with Crippen molar-refractivity contribution in [2.45, 2.75) is 32.6 Å². The standard InChI is InChI=1S/C12H17NO2S/c1-3-7-4-5-8-9(6-7)16-11(13)10(8)12(14)15-2/h7H,3-6,13H2,1-2H3. The highest BCUT2D eigenvalue weighted by atomic mass is 32.1. The quantitative estimate of drug-likeness (QED) is 0.807. The van der Waals surface area contributed by atoms with Crippen LogP contribution in [0.3, 0.4) is 0 Å². The first-order valence-electron chi connectivity index (χ1n) is 5.65. The lowest BCUT2D eigenvalue weighted by Crippen LogP contribution is -2.14. The molecule has 3 nitrogen and oxygen atoms in total. The second kappa shape index (κ2) is 4.45. The van der Waals surface area contributed by atoms with Crippen molar-refractivity contribution in [3.8, 4) is 0 Å². The van der Waals surface area contributed by atoms with Crippen molar-refractivity contribution in [1.29, 1.82) is 0 Å². The second-order valence-corrected chi connectivity index (χ2v) is 5.39. The van der Waals surface area contributed by atoms with Gasteiger partial charge in [-0.25, -0.2) is 4.79 Å².